The Morgan fingerprint density at radius 3 is 2.66 bits per heavy atom. The molecule has 0 spiro atoms. The Morgan fingerprint density at radius 1 is 1.00 bits per heavy atom. The highest BCUT2D eigenvalue weighted by Crippen LogP contribution is 2.34. The number of para-hydroxylation sites is 1. The Bertz CT molecular complexity index is 1260. The molecular weight excluding hydrogens is 405 g/mol. The molecule has 0 aliphatic carbocycles. The topological polar surface area (TPSA) is 57.5 Å². The van der Waals surface area contributed by atoms with Gasteiger partial charge in [-0.25, -0.2) is 4.39 Å². The van der Waals surface area contributed by atoms with Crippen molar-refractivity contribution in [2.45, 2.75) is 6.54 Å². The van der Waals surface area contributed by atoms with Gasteiger partial charge in [0.25, 0.3) is 5.91 Å². The normalized spacial score (nSPS) is 14.5. The number of anilines is 1. The molecule has 6 heteroatoms. The highest BCUT2D eigenvalue weighted by Gasteiger charge is 2.17. The zero-order valence-electron chi connectivity index (χ0n) is 17.6. The van der Waals surface area contributed by atoms with Crippen molar-refractivity contribution >= 4 is 22.6 Å². The maximum absolute atomic E-state index is 13.5. The number of nitrogens with one attached hydrogen (secondary N) is 2. The molecular formula is C26H24FN3O2. The van der Waals surface area contributed by atoms with E-state index in [1.165, 1.54) is 23.8 Å². The van der Waals surface area contributed by atoms with Gasteiger partial charge in [-0.2, -0.15) is 0 Å². The minimum atomic E-state index is -0.444. The molecule has 0 unspecified atom stereocenters. The summed E-state index contributed by atoms with van der Waals surface area (Å²) in [4.78, 5) is 15.1. The Kier molecular flexibility index (Phi) is 5.71. The van der Waals surface area contributed by atoms with Gasteiger partial charge in [-0.3, -0.25) is 9.69 Å². The van der Waals surface area contributed by atoms with Gasteiger partial charge in [-0.1, -0.05) is 30.3 Å². The van der Waals surface area contributed by atoms with E-state index in [0.29, 0.717) is 11.4 Å². The summed E-state index contributed by atoms with van der Waals surface area (Å²) in [7, 11) is 0. The second-order valence-electron chi connectivity index (χ2n) is 7.98. The first-order valence-corrected chi connectivity index (χ1v) is 10.8. The number of fused-ring (bicyclic) bond motifs is 1. The quantitative estimate of drug-likeness (QED) is 0.474. The summed E-state index contributed by atoms with van der Waals surface area (Å²) < 4.78 is 19.7. The summed E-state index contributed by atoms with van der Waals surface area (Å²) in [5, 5.41) is 7.36. The number of piperazine rings is 1. The zero-order chi connectivity index (χ0) is 21.9. The molecule has 2 N–H and O–H groups in total. The molecule has 5 nitrogen and oxygen atoms in total. The lowest BCUT2D eigenvalue weighted by atomic mass is 10.1. The molecule has 2 heterocycles. The fraction of sp³-hybridized carbons (Fsp3) is 0.192. The van der Waals surface area contributed by atoms with Gasteiger partial charge in [0.2, 0.25) is 0 Å². The molecule has 1 amide bonds. The van der Waals surface area contributed by atoms with Crippen molar-refractivity contribution in [1.82, 2.24) is 10.2 Å². The highest BCUT2D eigenvalue weighted by molar-refractivity contribution is 6.06. The highest BCUT2D eigenvalue weighted by atomic mass is 19.1. The van der Waals surface area contributed by atoms with Crippen LogP contribution in [-0.4, -0.2) is 37.0 Å². The van der Waals surface area contributed by atoms with Crippen LogP contribution in [0, 0.1) is 5.82 Å². The maximum atomic E-state index is 13.5. The molecule has 0 radical (unpaired) electrons. The number of halogens is 1. The SMILES string of the molecule is O=C(Nc1ccccc1-c1cc2c(CN3CCNCC3)cccc2o1)c1cccc(F)c1. The average molecular weight is 429 g/mol. The van der Waals surface area contributed by atoms with Crippen LogP contribution in [0.1, 0.15) is 15.9 Å². The van der Waals surface area contributed by atoms with Crippen LogP contribution in [0.2, 0.25) is 0 Å². The number of amides is 1. The number of carbonyl (C=O) groups is 1. The van der Waals surface area contributed by atoms with Crippen LogP contribution < -0.4 is 10.6 Å². The smallest absolute Gasteiger partial charge is 0.255 e. The van der Waals surface area contributed by atoms with Crippen LogP contribution in [-0.2, 0) is 6.54 Å². The Hall–Kier alpha value is -3.48. The molecule has 1 aromatic heterocycles. The molecule has 162 valence electrons. The molecule has 1 fully saturated rings. The summed E-state index contributed by atoms with van der Waals surface area (Å²) in [6.07, 6.45) is 0. The predicted octanol–water partition coefficient (Wildman–Crippen LogP) is 4.90. The van der Waals surface area contributed by atoms with Crippen LogP contribution in [0.15, 0.2) is 77.2 Å². The van der Waals surface area contributed by atoms with Crippen molar-refractivity contribution in [1.29, 1.82) is 0 Å². The zero-order valence-corrected chi connectivity index (χ0v) is 17.6. The Morgan fingerprint density at radius 2 is 1.81 bits per heavy atom. The third-order valence-corrected chi connectivity index (χ3v) is 5.78. The second-order valence-corrected chi connectivity index (χ2v) is 7.98. The van der Waals surface area contributed by atoms with Gasteiger partial charge < -0.3 is 15.1 Å². The van der Waals surface area contributed by atoms with E-state index >= 15 is 0 Å². The molecule has 1 aliphatic heterocycles. The molecule has 0 bridgehead atoms. The minimum Gasteiger partial charge on any atom is -0.456 e. The predicted molar refractivity (Wildman–Crippen MR) is 124 cm³/mol. The fourth-order valence-corrected chi connectivity index (χ4v) is 4.13. The Labute approximate surface area is 185 Å². The van der Waals surface area contributed by atoms with Crippen LogP contribution in [0.25, 0.3) is 22.3 Å². The number of hydrogen-bond acceptors (Lipinski definition) is 4. The first-order chi connectivity index (χ1) is 15.7. The van der Waals surface area contributed by atoms with Crippen LogP contribution in [0.3, 0.4) is 0 Å². The molecule has 5 rings (SSSR count). The van der Waals surface area contributed by atoms with E-state index in [-0.39, 0.29) is 11.5 Å². The number of hydrogen-bond donors (Lipinski definition) is 2. The standard InChI is InChI=1S/C26H24FN3O2/c27-20-7-3-5-18(15-20)26(31)29-23-9-2-1-8-21(23)25-16-22-19(6-4-10-24(22)32-25)17-30-13-11-28-12-14-30/h1-10,15-16,28H,11-14,17H2,(H,29,31). The van der Waals surface area contributed by atoms with E-state index in [4.69, 9.17) is 4.42 Å². The van der Waals surface area contributed by atoms with Crippen molar-refractivity contribution in [3.63, 3.8) is 0 Å². The van der Waals surface area contributed by atoms with Gasteiger partial charge in [0.05, 0.1) is 5.69 Å². The number of benzene rings is 3. The maximum Gasteiger partial charge on any atom is 0.255 e. The fourth-order valence-electron chi connectivity index (χ4n) is 4.13. The largest absolute Gasteiger partial charge is 0.456 e. The van der Waals surface area contributed by atoms with Gasteiger partial charge in [-0.15, -0.1) is 0 Å². The Balaban J connectivity index is 1.45. The van der Waals surface area contributed by atoms with Crippen LogP contribution >= 0.6 is 0 Å². The molecule has 3 aromatic carbocycles. The van der Waals surface area contributed by atoms with E-state index in [2.05, 4.69) is 21.6 Å². The van der Waals surface area contributed by atoms with Crippen molar-refractivity contribution < 1.29 is 13.6 Å². The summed E-state index contributed by atoms with van der Waals surface area (Å²) >= 11 is 0. The second kappa shape index (κ2) is 8.94. The number of furan rings is 1. The lowest BCUT2D eigenvalue weighted by Gasteiger charge is -2.27. The number of carbonyl (C=O) groups excluding carboxylic acids is 1. The lowest BCUT2D eigenvalue weighted by molar-refractivity contribution is 0.102. The van der Waals surface area contributed by atoms with Gasteiger partial charge in [0.1, 0.15) is 17.2 Å². The van der Waals surface area contributed by atoms with Crippen LogP contribution in [0.4, 0.5) is 10.1 Å². The van der Waals surface area contributed by atoms with Crippen molar-refractivity contribution in [3.05, 3.63) is 89.7 Å². The van der Waals surface area contributed by atoms with Gasteiger partial charge in [0.15, 0.2) is 0 Å². The van der Waals surface area contributed by atoms with E-state index in [0.717, 1.165) is 49.3 Å². The van der Waals surface area contributed by atoms with Crippen molar-refractivity contribution in [2.75, 3.05) is 31.5 Å². The van der Waals surface area contributed by atoms with E-state index in [1.54, 1.807) is 6.07 Å². The minimum absolute atomic E-state index is 0.266. The third-order valence-electron chi connectivity index (χ3n) is 5.78. The first kappa shape index (κ1) is 20.4. The van der Waals surface area contributed by atoms with Crippen LogP contribution in [0.5, 0.6) is 0 Å². The van der Waals surface area contributed by atoms with Gasteiger partial charge in [-0.05, 0) is 48.0 Å². The summed E-state index contributed by atoms with van der Waals surface area (Å²) in [5.41, 5.74) is 3.70. The van der Waals surface area contributed by atoms with Gasteiger partial charge in [0, 0.05) is 49.2 Å². The molecule has 32 heavy (non-hydrogen) atoms. The van der Waals surface area contributed by atoms with Gasteiger partial charge >= 0.3 is 0 Å². The molecule has 0 saturated carbocycles. The van der Waals surface area contributed by atoms with E-state index < -0.39 is 5.82 Å². The number of nitrogens with zero attached hydrogens (tertiary/aromatic N) is 1. The molecule has 1 saturated heterocycles. The lowest BCUT2D eigenvalue weighted by Crippen LogP contribution is -2.42. The molecule has 1 aliphatic rings. The summed E-state index contributed by atoms with van der Waals surface area (Å²) in [5.74, 6) is -0.129. The monoisotopic (exact) mass is 429 g/mol. The third kappa shape index (κ3) is 4.28. The van der Waals surface area contributed by atoms with E-state index in [9.17, 15) is 9.18 Å². The summed E-state index contributed by atoms with van der Waals surface area (Å²) in [6, 6.07) is 21.3. The summed E-state index contributed by atoms with van der Waals surface area (Å²) in [6.45, 7) is 4.93. The first-order valence-electron chi connectivity index (χ1n) is 10.8. The average Bonchev–Trinajstić information content (AvgIpc) is 3.25. The number of rotatable bonds is 5. The van der Waals surface area contributed by atoms with Crippen molar-refractivity contribution in [3.8, 4) is 11.3 Å². The van der Waals surface area contributed by atoms with E-state index in [1.807, 2.05) is 42.5 Å². The van der Waals surface area contributed by atoms with Crippen molar-refractivity contribution in [2.24, 2.45) is 0 Å². The molecule has 4 aromatic rings. The molecule has 0 atom stereocenters.